The van der Waals surface area contributed by atoms with Crippen molar-refractivity contribution in [1.29, 1.82) is 0 Å². The number of rotatable bonds is 5. The van der Waals surface area contributed by atoms with Crippen molar-refractivity contribution in [2.45, 2.75) is 26.4 Å². The van der Waals surface area contributed by atoms with Crippen LogP contribution in [0.1, 0.15) is 17.2 Å². The Balaban J connectivity index is 1.29. The average Bonchev–Trinajstić information content (AvgIpc) is 3.02. The molecule has 1 amide bonds. The highest BCUT2D eigenvalue weighted by molar-refractivity contribution is 5.85. The molecule has 2 aromatic carbocycles. The molecule has 0 atom stereocenters. The van der Waals surface area contributed by atoms with Crippen molar-refractivity contribution in [3.8, 4) is 0 Å². The van der Waals surface area contributed by atoms with E-state index < -0.39 is 0 Å². The van der Waals surface area contributed by atoms with Gasteiger partial charge in [0.2, 0.25) is 5.91 Å². The second-order valence-corrected chi connectivity index (χ2v) is 6.76. The molecule has 0 unspecified atom stereocenters. The first kappa shape index (κ1) is 16.7. The molecule has 0 fully saturated rings. The van der Waals surface area contributed by atoms with E-state index in [4.69, 9.17) is 0 Å². The van der Waals surface area contributed by atoms with E-state index in [0.29, 0.717) is 19.6 Å². The van der Waals surface area contributed by atoms with Gasteiger partial charge in [0, 0.05) is 19.6 Å². The number of fused-ring (bicyclic) bond motifs is 2. The lowest BCUT2D eigenvalue weighted by atomic mass is 10.0. The zero-order valence-corrected chi connectivity index (χ0v) is 15.0. The standard InChI is InChI=1S/C20H23N5O/c1-15-22-23-19-13-24(11-12-25(15)19)14-20(26)21-10-9-17-7-4-6-16-5-2-3-8-18(16)17/h2-8H,9-14H2,1H3,(H,21,26). The van der Waals surface area contributed by atoms with Gasteiger partial charge in [-0.3, -0.25) is 9.69 Å². The molecule has 3 aromatic rings. The molecule has 4 rings (SSSR count). The minimum absolute atomic E-state index is 0.0647. The third-order valence-corrected chi connectivity index (χ3v) is 4.98. The SMILES string of the molecule is Cc1nnc2n1CCN(CC(=O)NCCc1cccc3ccccc13)C2. The van der Waals surface area contributed by atoms with E-state index in [0.717, 1.165) is 31.2 Å². The van der Waals surface area contributed by atoms with Gasteiger partial charge in [-0.1, -0.05) is 42.5 Å². The summed E-state index contributed by atoms with van der Waals surface area (Å²) >= 11 is 0. The van der Waals surface area contributed by atoms with E-state index in [9.17, 15) is 4.79 Å². The largest absolute Gasteiger partial charge is 0.355 e. The fourth-order valence-corrected chi connectivity index (χ4v) is 3.59. The summed E-state index contributed by atoms with van der Waals surface area (Å²) in [7, 11) is 0. The molecule has 0 radical (unpaired) electrons. The lowest BCUT2D eigenvalue weighted by Gasteiger charge is -2.26. The highest BCUT2D eigenvalue weighted by atomic mass is 16.2. The topological polar surface area (TPSA) is 63.1 Å². The van der Waals surface area contributed by atoms with Crippen LogP contribution in [0.4, 0.5) is 0 Å². The number of nitrogens with zero attached hydrogens (tertiary/aromatic N) is 4. The maximum absolute atomic E-state index is 12.3. The fourth-order valence-electron chi connectivity index (χ4n) is 3.59. The highest BCUT2D eigenvalue weighted by Gasteiger charge is 2.21. The molecule has 1 N–H and O–H groups in total. The van der Waals surface area contributed by atoms with E-state index in [1.165, 1.54) is 16.3 Å². The van der Waals surface area contributed by atoms with E-state index in [1.54, 1.807) is 0 Å². The molecule has 0 saturated carbocycles. The number of nitrogens with one attached hydrogen (secondary N) is 1. The Morgan fingerprint density at radius 1 is 1.12 bits per heavy atom. The van der Waals surface area contributed by atoms with Crippen LogP contribution in [-0.2, 0) is 24.3 Å². The number of aryl methyl sites for hydroxylation is 1. The van der Waals surface area contributed by atoms with Gasteiger partial charge in [-0.05, 0) is 29.7 Å². The molecule has 6 heteroatoms. The second kappa shape index (κ2) is 7.25. The summed E-state index contributed by atoms with van der Waals surface area (Å²) in [5.41, 5.74) is 1.27. The van der Waals surface area contributed by atoms with Gasteiger partial charge in [-0.25, -0.2) is 0 Å². The number of hydrogen-bond acceptors (Lipinski definition) is 4. The predicted octanol–water partition coefficient (Wildman–Crippen LogP) is 1.91. The van der Waals surface area contributed by atoms with Crippen molar-refractivity contribution >= 4 is 16.7 Å². The van der Waals surface area contributed by atoms with Crippen LogP contribution in [0.5, 0.6) is 0 Å². The van der Waals surface area contributed by atoms with Crippen molar-refractivity contribution in [3.05, 3.63) is 59.7 Å². The van der Waals surface area contributed by atoms with Gasteiger partial charge >= 0.3 is 0 Å². The highest BCUT2D eigenvalue weighted by Crippen LogP contribution is 2.18. The molecule has 134 valence electrons. The number of carbonyl (C=O) groups excluding carboxylic acids is 1. The Morgan fingerprint density at radius 2 is 1.96 bits per heavy atom. The van der Waals surface area contributed by atoms with Crippen LogP contribution in [-0.4, -0.2) is 45.2 Å². The first-order valence-electron chi connectivity index (χ1n) is 9.05. The number of carbonyl (C=O) groups is 1. The molecular formula is C20H23N5O. The number of amides is 1. The average molecular weight is 349 g/mol. The Morgan fingerprint density at radius 3 is 2.88 bits per heavy atom. The molecule has 0 saturated heterocycles. The summed E-state index contributed by atoms with van der Waals surface area (Å²) < 4.78 is 2.12. The van der Waals surface area contributed by atoms with Crippen LogP contribution in [0.2, 0.25) is 0 Å². The third-order valence-electron chi connectivity index (χ3n) is 4.98. The monoisotopic (exact) mass is 349 g/mol. The van der Waals surface area contributed by atoms with Crippen LogP contribution >= 0.6 is 0 Å². The van der Waals surface area contributed by atoms with Gasteiger partial charge in [-0.15, -0.1) is 10.2 Å². The van der Waals surface area contributed by atoms with Gasteiger partial charge in [0.1, 0.15) is 11.6 Å². The summed E-state index contributed by atoms with van der Waals surface area (Å²) in [6.07, 6.45) is 0.834. The van der Waals surface area contributed by atoms with E-state index in [2.05, 4.69) is 67.4 Å². The number of aromatic nitrogens is 3. The van der Waals surface area contributed by atoms with E-state index in [1.807, 2.05) is 6.92 Å². The minimum atomic E-state index is 0.0647. The Bertz CT molecular complexity index is 928. The summed E-state index contributed by atoms with van der Waals surface area (Å²) in [6, 6.07) is 14.7. The quantitative estimate of drug-likeness (QED) is 0.764. The predicted molar refractivity (Wildman–Crippen MR) is 101 cm³/mol. The molecule has 0 bridgehead atoms. The maximum atomic E-state index is 12.3. The van der Waals surface area contributed by atoms with E-state index in [-0.39, 0.29) is 5.91 Å². The molecular weight excluding hydrogens is 326 g/mol. The van der Waals surface area contributed by atoms with Crippen molar-refractivity contribution in [2.24, 2.45) is 0 Å². The third kappa shape index (κ3) is 3.46. The van der Waals surface area contributed by atoms with Gasteiger partial charge in [0.25, 0.3) is 0 Å². The summed E-state index contributed by atoms with van der Waals surface area (Å²) in [4.78, 5) is 14.4. The summed E-state index contributed by atoms with van der Waals surface area (Å²) in [5, 5.41) is 13.8. The van der Waals surface area contributed by atoms with Crippen LogP contribution in [0.15, 0.2) is 42.5 Å². The zero-order chi connectivity index (χ0) is 17.9. The minimum Gasteiger partial charge on any atom is -0.355 e. The van der Waals surface area contributed by atoms with Gasteiger partial charge in [0.05, 0.1) is 13.1 Å². The molecule has 1 aliphatic heterocycles. The molecule has 26 heavy (non-hydrogen) atoms. The Hall–Kier alpha value is -2.73. The van der Waals surface area contributed by atoms with Crippen LogP contribution in [0.25, 0.3) is 10.8 Å². The first-order valence-corrected chi connectivity index (χ1v) is 9.05. The zero-order valence-electron chi connectivity index (χ0n) is 15.0. The van der Waals surface area contributed by atoms with Gasteiger partial charge in [0.15, 0.2) is 0 Å². The molecule has 0 spiro atoms. The molecule has 1 aromatic heterocycles. The van der Waals surface area contributed by atoms with E-state index >= 15 is 0 Å². The summed E-state index contributed by atoms with van der Waals surface area (Å²) in [5.74, 6) is 1.95. The van der Waals surface area contributed by atoms with Gasteiger partial charge < -0.3 is 9.88 Å². The molecule has 6 nitrogen and oxygen atoms in total. The lowest BCUT2D eigenvalue weighted by molar-refractivity contribution is -0.122. The summed E-state index contributed by atoms with van der Waals surface area (Å²) in [6.45, 7) is 5.39. The molecule has 2 heterocycles. The van der Waals surface area contributed by atoms with Crippen molar-refractivity contribution in [3.63, 3.8) is 0 Å². The fraction of sp³-hybridized carbons (Fsp3) is 0.350. The Kier molecular flexibility index (Phi) is 4.67. The Labute approximate surface area is 152 Å². The van der Waals surface area contributed by atoms with Crippen molar-refractivity contribution < 1.29 is 4.79 Å². The smallest absolute Gasteiger partial charge is 0.234 e. The number of benzene rings is 2. The van der Waals surface area contributed by atoms with Crippen LogP contribution in [0, 0.1) is 6.92 Å². The molecule has 0 aliphatic carbocycles. The van der Waals surface area contributed by atoms with Crippen molar-refractivity contribution in [1.82, 2.24) is 25.0 Å². The van der Waals surface area contributed by atoms with Crippen LogP contribution in [0.3, 0.4) is 0 Å². The lowest BCUT2D eigenvalue weighted by Crippen LogP contribution is -2.42. The van der Waals surface area contributed by atoms with Crippen LogP contribution < -0.4 is 5.32 Å². The second-order valence-electron chi connectivity index (χ2n) is 6.76. The number of hydrogen-bond donors (Lipinski definition) is 1. The maximum Gasteiger partial charge on any atom is 0.234 e. The van der Waals surface area contributed by atoms with Crippen molar-refractivity contribution in [2.75, 3.05) is 19.6 Å². The van der Waals surface area contributed by atoms with Gasteiger partial charge in [-0.2, -0.15) is 0 Å². The first-order chi connectivity index (χ1) is 12.7. The molecule has 1 aliphatic rings. The normalized spacial score (nSPS) is 14.3.